The third kappa shape index (κ3) is 3.48. The summed E-state index contributed by atoms with van der Waals surface area (Å²) in [5, 5.41) is 4.91. The Kier molecular flexibility index (Phi) is 5.07. The molecule has 7 heteroatoms. The molecule has 0 radical (unpaired) electrons. The Morgan fingerprint density at radius 3 is 2.69 bits per heavy atom. The van der Waals surface area contributed by atoms with Gasteiger partial charge in [-0.25, -0.2) is 4.39 Å². The van der Waals surface area contributed by atoms with Crippen molar-refractivity contribution in [2.24, 2.45) is 0 Å². The molecule has 1 unspecified atom stereocenters. The van der Waals surface area contributed by atoms with Crippen molar-refractivity contribution in [1.82, 2.24) is 14.5 Å². The largest absolute Gasteiger partial charge is 0.375 e. The van der Waals surface area contributed by atoms with Crippen LogP contribution in [-0.4, -0.2) is 14.5 Å². The summed E-state index contributed by atoms with van der Waals surface area (Å²) in [6, 6.07) is 18.4. The van der Waals surface area contributed by atoms with E-state index in [2.05, 4.69) is 15.3 Å². The number of pyridine rings is 3. The molecule has 0 aliphatic heterocycles. The average molecular weight is 445 g/mol. The molecule has 32 heavy (non-hydrogen) atoms. The first kappa shape index (κ1) is 20.2. The first-order valence-electron chi connectivity index (χ1n) is 10.1. The normalized spacial score (nSPS) is 12.2. The minimum Gasteiger partial charge on any atom is -0.375 e. The summed E-state index contributed by atoms with van der Waals surface area (Å²) in [6.07, 6.45) is 3.42. The first-order valence-corrected chi connectivity index (χ1v) is 10.5. The molecule has 5 rings (SSSR count). The van der Waals surface area contributed by atoms with Crippen LogP contribution in [0.3, 0.4) is 0 Å². The number of hydrogen-bond acceptors (Lipinski definition) is 4. The lowest BCUT2D eigenvalue weighted by Gasteiger charge is -2.22. The Bertz CT molecular complexity index is 1530. The molecule has 3 heterocycles. The van der Waals surface area contributed by atoms with Gasteiger partial charge in [0.25, 0.3) is 5.56 Å². The monoisotopic (exact) mass is 444 g/mol. The minimum absolute atomic E-state index is 0.305. The predicted octanol–water partition coefficient (Wildman–Crippen LogP) is 5.90. The molecule has 0 spiro atoms. The van der Waals surface area contributed by atoms with Crippen LogP contribution in [0.2, 0.25) is 5.02 Å². The molecule has 1 atom stereocenters. The fourth-order valence-corrected chi connectivity index (χ4v) is 4.21. The van der Waals surface area contributed by atoms with E-state index in [4.69, 9.17) is 11.6 Å². The lowest BCUT2D eigenvalue weighted by Crippen LogP contribution is -2.25. The van der Waals surface area contributed by atoms with E-state index >= 15 is 0 Å². The zero-order valence-electron chi connectivity index (χ0n) is 17.1. The summed E-state index contributed by atoms with van der Waals surface area (Å²) < 4.78 is 15.6. The van der Waals surface area contributed by atoms with Crippen LogP contribution in [0.15, 0.2) is 83.9 Å². The van der Waals surface area contributed by atoms with Crippen LogP contribution < -0.4 is 10.9 Å². The number of hydrogen-bond donors (Lipinski definition) is 1. The zero-order chi connectivity index (χ0) is 22.2. The molecule has 0 saturated carbocycles. The zero-order valence-corrected chi connectivity index (χ0v) is 17.8. The van der Waals surface area contributed by atoms with E-state index in [-0.39, 0.29) is 11.6 Å². The number of aromatic nitrogens is 3. The van der Waals surface area contributed by atoms with E-state index < -0.39 is 5.82 Å². The summed E-state index contributed by atoms with van der Waals surface area (Å²) in [7, 11) is 0. The van der Waals surface area contributed by atoms with Gasteiger partial charge >= 0.3 is 0 Å². The van der Waals surface area contributed by atoms with Crippen molar-refractivity contribution in [3.8, 4) is 5.69 Å². The van der Waals surface area contributed by atoms with E-state index in [0.717, 1.165) is 22.1 Å². The highest BCUT2D eigenvalue weighted by Gasteiger charge is 2.19. The molecule has 0 fully saturated rings. The highest BCUT2D eigenvalue weighted by atomic mass is 35.5. The van der Waals surface area contributed by atoms with Crippen molar-refractivity contribution in [3.63, 3.8) is 0 Å². The fraction of sp³-hybridized carbons (Fsp3) is 0.0800. The average Bonchev–Trinajstić information content (AvgIpc) is 2.79. The lowest BCUT2D eigenvalue weighted by molar-refractivity contribution is 0.625. The number of fused-ring (bicyclic) bond motifs is 2. The second-order valence-corrected chi connectivity index (χ2v) is 7.90. The predicted molar refractivity (Wildman–Crippen MR) is 126 cm³/mol. The summed E-state index contributed by atoms with van der Waals surface area (Å²) >= 11 is 6.36. The number of rotatable bonds is 4. The molecule has 0 bridgehead atoms. The second kappa shape index (κ2) is 8.05. The minimum atomic E-state index is -0.426. The summed E-state index contributed by atoms with van der Waals surface area (Å²) in [4.78, 5) is 22.3. The fourth-order valence-electron chi connectivity index (χ4n) is 3.94. The maximum Gasteiger partial charge on any atom is 0.264 e. The van der Waals surface area contributed by atoms with Gasteiger partial charge in [-0.3, -0.25) is 19.3 Å². The third-order valence-corrected chi connectivity index (χ3v) is 5.72. The summed E-state index contributed by atoms with van der Waals surface area (Å²) in [6.45, 7) is 1.94. The second-order valence-electron chi connectivity index (χ2n) is 7.49. The third-order valence-electron chi connectivity index (χ3n) is 5.40. The smallest absolute Gasteiger partial charge is 0.264 e. The maximum atomic E-state index is 14.1. The Morgan fingerprint density at radius 1 is 1.00 bits per heavy atom. The number of anilines is 1. The van der Waals surface area contributed by atoms with Gasteiger partial charge in [0.2, 0.25) is 0 Å². The van der Waals surface area contributed by atoms with Gasteiger partial charge in [0.05, 0.1) is 33.3 Å². The van der Waals surface area contributed by atoms with E-state index in [1.54, 1.807) is 36.7 Å². The Morgan fingerprint density at radius 2 is 1.84 bits per heavy atom. The van der Waals surface area contributed by atoms with E-state index in [0.29, 0.717) is 21.8 Å². The Balaban J connectivity index is 1.72. The van der Waals surface area contributed by atoms with E-state index in [9.17, 15) is 9.18 Å². The first-order chi connectivity index (χ1) is 15.5. The van der Waals surface area contributed by atoms with Crippen LogP contribution in [0.25, 0.3) is 27.5 Å². The molecular formula is C25H18ClFN4O. The molecular weight excluding hydrogens is 427 g/mol. The Labute approximate surface area is 188 Å². The van der Waals surface area contributed by atoms with Gasteiger partial charge in [0.1, 0.15) is 11.3 Å². The van der Waals surface area contributed by atoms with Crippen molar-refractivity contribution < 1.29 is 4.39 Å². The molecule has 0 aliphatic rings. The van der Waals surface area contributed by atoms with Crippen LogP contribution in [-0.2, 0) is 0 Å². The molecule has 3 aromatic heterocycles. The summed E-state index contributed by atoms with van der Waals surface area (Å²) in [5.74, 6) is -0.426. The van der Waals surface area contributed by atoms with E-state index in [1.165, 1.54) is 16.7 Å². The molecule has 0 aliphatic carbocycles. The van der Waals surface area contributed by atoms with Crippen LogP contribution >= 0.6 is 11.6 Å². The van der Waals surface area contributed by atoms with Crippen LogP contribution in [0, 0.1) is 5.82 Å². The molecule has 5 aromatic rings. The molecule has 2 aromatic carbocycles. The van der Waals surface area contributed by atoms with Crippen LogP contribution in [0.1, 0.15) is 18.7 Å². The van der Waals surface area contributed by atoms with Gasteiger partial charge in [-0.1, -0.05) is 29.8 Å². The number of nitrogens with one attached hydrogen (secondary N) is 1. The van der Waals surface area contributed by atoms with Gasteiger partial charge in [-0.2, -0.15) is 0 Å². The standard InChI is InChI=1S/C25H18ClFN4O/c1-15(30-21-10-12-28-20-9-4-11-29-24(20)21)22-13-16-5-2-8-19(26)23(16)25(32)31(22)18-7-3-6-17(27)14-18/h2-15H,1H3,(H,28,30). The van der Waals surface area contributed by atoms with Crippen molar-refractivity contribution in [2.45, 2.75) is 13.0 Å². The number of halogens is 2. The Hall–Kier alpha value is -3.77. The molecule has 1 N–H and O–H groups in total. The number of benzene rings is 2. The number of nitrogens with zero attached hydrogens (tertiary/aromatic N) is 3. The SMILES string of the molecule is CC(Nc1ccnc2cccnc12)c1cc2cccc(Cl)c2c(=O)n1-c1cccc(F)c1. The molecule has 5 nitrogen and oxygen atoms in total. The quantitative estimate of drug-likeness (QED) is 0.375. The van der Waals surface area contributed by atoms with Crippen molar-refractivity contribution in [2.75, 3.05) is 5.32 Å². The molecule has 158 valence electrons. The van der Waals surface area contributed by atoms with Gasteiger partial charge in [-0.15, -0.1) is 0 Å². The van der Waals surface area contributed by atoms with Gasteiger partial charge in [0, 0.05) is 18.1 Å². The highest BCUT2D eigenvalue weighted by Crippen LogP contribution is 2.29. The van der Waals surface area contributed by atoms with Crippen molar-refractivity contribution in [3.05, 3.63) is 106 Å². The van der Waals surface area contributed by atoms with Gasteiger partial charge in [-0.05, 0) is 60.8 Å². The van der Waals surface area contributed by atoms with Gasteiger partial charge < -0.3 is 5.32 Å². The molecule has 0 amide bonds. The summed E-state index contributed by atoms with van der Waals surface area (Å²) in [5.41, 5.74) is 3.06. The lowest BCUT2D eigenvalue weighted by atomic mass is 10.1. The van der Waals surface area contributed by atoms with Crippen LogP contribution in [0.4, 0.5) is 10.1 Å². The highest BCUT2D eigenvalue weighted by molar-refractivity contribution is 6.35. The van der Waals surface area contributed by atoms with E-state index in [1.807, 2.05) is 37.3 Å². The molecule has 0 saturated heterocycles. The topological polar surface area (TPSA) is 59.8 Å². The van der Waals surface area contributed by atoms with Crippen molar-refractivity contribution >= 4 is 39.1 Å². The van der Waals surface area contributed by atoms with Crippen LogP contribution in [0.5, 0.6) is 0 Å². The van der Waals surface area contributed by atoms with Gasteiger partial charge in [0.15, 0.2) is 0 Å². The maximum absolute atomic E-state index is 14.1. The van der Waals surface area contributed by atoms with Crippen molar-refractivity contribution in [1.29, 1.82) is 0 Å².